The van der Waals surface area contributed by atoms with E-state index in [-0.39, 0.29) is 6.04 Å². The van der Waals surface area contributed by atoms with Crippen molar-refractivity contribution in [3.8, 4) is 0 Å². The highest BCUT2D eigenvalue weighted by Gasteiger charge is 2.18. The number of nitrogens with zero attached hydrogens (tertiary/aromatic N) is 2. The largest absolute Gasteiger partial charge is 0.336 e. The molecule has 0 saturated carbocycles. The van der Waals surface area contributed by atoms with Crippen molar-refractivity contribution in [2.24, 2.45) is 7.05 Å². The molecule has 0 aliphatic rings. The van der Waals surface area contributed by atoms with Crippen LogP contribution in [0.5, 0.6) is 0 Å². The van der Waals surface area contributed by atoms with Crippen LogP contribution in [0.4, 0.5) is 0 Å². The normalized spacial score (nSPS) is 12.5. The monoisotopic (exact) mass is 351 g/mol. The van der Waals surface area contributed by atoms with Crippen molar-refractivity contribution in [2.45, 2.75) is 12.6 Å². The first kappa shape index (κ1) is 15.6. The number of aryl methyl sites for hydroxylation is 1. The summed E-state index contributed by atoms with van der Waals surface area (Å²) in [6.07, 6.45) is 3.75. The predicted molar refractivity (Wildman–Crippen MR) is 92.7 cm³/mol. The number of aromatic nitrogens is 2. The van der Waals surface area contributed by atoms with E-state index < -0.39 is 0 Å². The summed E-state index contributed by atoms with van der Waals surface area (Å²) in [5, 5.41) is 7.06. The van der Waals surface area contributed by atoms with Crippen LogP contribution in [-0.4, -0.2) is 9.55 Å². The summed E-state index contributed by atoms with van der Waals surface area (Å²) in [6, 6.07) is 9.73. The van der Waals surface area contributed by atoms with E-state index in [4.69, 9.17) is 23.2 Å². The molecule has 0 fully saturated rings. The number of halogens is 2. The Balaban J connectivity index is 1.88. The molecule has 0 bridgehead atoms. The third-order valence-electron chi connectivity index (χ3n) is 3.48. The number of hydrogen-bond donors (Lipinski definition) is 1. The molecule has 0 aliphatic heterocycles. The SMILES string of the molecule is Cn1ccnc1C(NCc1sccc1Cl)c1ccc(Cl)cc1. The molecule has 0 amide bonds. The zero-order valence-corrected chi connectivity index (χ0v) is 14.3. The van der Waals surface area contributed by atoms with Crippen LogP contribution < -0.4 is 5.32 Å². The second-order valence-corrected chi connectivity index (χ2v) is 6.80. The lowest BCUT2D eigenvalue weighted by Crippen LogP contribution is -2.24. The second-order valence-electron chi connectivity index (χ2n) is 4.95. The number of hydrogen-bond acceptors (Lipinski definition) is 3. The first-order chi connectivity index (χ1) is 10.6. The zero-order chi connectivity index (χ0) is 15.5. The molecule has 3 aromatic rings. The predicted octanol–water partition coefficient (Wildman–Crippen LogP) is 4.67. The molecule has 1 N–H and O–H groups in total. The van der Waals surface area contributed by atoms with Gasteiger partial charge < -0.3 is 4.57 Å². The lowest BCUT2D eigenvalue weighted by molar-refractivity contribution is 0.561. The van der Waals surface area contributed by atoms with Crippen LogP contribution in [0.15, 0.2) is 48.1 Å². The summed E-state index contributed by atoms with van der Waals surface area (Å²) in [4.78, 5) is 5.60. The molecule has 1 aromatic carbocycles. The van der Waals surface area contributed by atoms with Gasteiger partial charge in [0, 0.05) is 35.9 Å². The van der Waals surface area contributed by atoms with Gasteiger partial charge in [0.25, 0.3) is 0 Å². The Bertz CT molecular complexity index is 749. The first-order valence-electron chi connectivity index (χ1n) is 6.83. The van der Waals surface area contributed by atoms with Gasteiger partial charge in [-0.05, 0) is 29.1 Å². The zero-order valence-electron chi connectivity index (χ0n) is 12.0. The molecule has 114 valence electrons. The lowest BCUT2D eigenvalue weighted by atomic mass is 10.1. The molecular weight excluding hydrogens is 337 g/mol. The van der Waals surface area contributed by atoms with E-state index >= 15 is 0 Å². The Morgan fingerprint density at radius 2 is 2.00 bits per heavy atom. The average molecular weight is 352 g/mol. The molecule has 6 heteroatoms. The van der Waals surface area contributed by atoms with Gasteiger partial charge in [-0.15, -0.1) is 11.3 Å². The summed E-state index contributed by atoms with van der Waals surface area (Å²) in [5.74, 6) is 0.954. The Morgan fingerprint density at radius 3 is 2.59 bits per heavy atom. The molecule has 0 saturated heterocycles. The topological polar surface area (TPSA) is 29.9 Å². The van der Waals surface area contributed by atoms with E-state index in [1.165, 1.54) is 0 Å². The van der Waals surface area contributed by atoms with E-state index in [1.54, 1.807) is 17.5 Å². The number of thiophene rings is 1. The fourth-order valence-corrected chi connectivity index (χ4v) is 3.49. The molecule has 1 atom stereocenters. The highest BCUT2D eigenvalue weighted by Crippen LogP contribution is 2.26. The van der Waals surface area contributed by atoms with Gasteiger partial charge in [-0.3, -0.25) is 5.32 Å². The van der Waals surface area contributed by atoms with E-state index in [0.717, 1.165) is 26.3 Å². The number of imidazole rings is 1. The van der Waals surface area contributed by atoms with Crippen LogP contribution in [-0.2, 0) is 13.6 Å². The quantitative estimate of drug-likeness (QED) is 0.723. The fraction of sp³-hybridized carbons (Fsp3) is 0.188. The van der Waals surface area contributed by atoms with E-state index in [9.17, 15) is 0 Å². The van der Waals surface area contributed by atoms with Crippen molar-refractivity contribution < 1.29 is 0 Å². The van der Waals surface area contributed by atoms with Crippen LogP contribution in [0, 0.1) is 0 Å². The number of nitrogens with one attached hydrogen (secondary N) is 1. The van der Waals surface area contributed by atoms with Crippen LogP contribution >= 0.6 is 34.5 Å². The van der Waals surface area contributed by atoms with E-state index in [1.807, 2.05) is 53.5 Å². The van der Waals surface area contributed by atoms with Crippen molar-refractivity contribution in [2.75, 3.05) is 0 Å². The molecular formula is C16H15Cl2N3S. The standard InChI is InChI=1S/C16H15Cl2N3S/c1-21-8-7-19-16(21)15(11-2-4-12(17)5-3-11)20-10-14-13(18)6-9-22-14/h2-9,15,20H,10H2,1H3. The van der Waals surface area contributed by atoms with Gasteiger partial charge in [-0.25, -0.2) is 4.98 Å². The maximum absolute atomic E-state index is 6.18. The molecule has 0 spiro atoms. The summed E-state index contributed by atoms with van der Waals surface area (Å²) in [5.41, 5.74) is 1.12. The van der Waals surface area contributed by atoms with Crippen molar-refractivity contribution in [3.63, 3.8) is 0 Å². The summed E-state index contributed by atoms with van der Waals surface area (Å²) < 4.78 is 2.02. The third kappa shape index (κ3) is 3.36. The highest BCUT2D eigenvalue weighted by molar-refractivity contribution is 7.10. The highest BCUT2D eigenvalue weighted by atomic mass is 35.5. The molecule has 1 unspecified atom stereocenters. The summed E-state index contributed by atoms with van der Waals surface area (Å²) in [6.45, 7) is 0.691. The van der Waals surface area contributed by atoms with Crippen molar-refractivity contribution in [1.29, 1.82) is 0 Å². The van der Waals surface area contributed by atoms with Gasteiger partial charge in [0.15, 0.2) is 0 Å². The molecule has 22 heavy (non-hydrogen) atoms. The second kappa shape index (κ2) is 6.84. The maximum Gasteiger partial charge on any atom is 0.130 e. The number of benzene rings is 1. The Morgan fingerprint density at radius 1 is 1.23 bits per heavy atom. The average Bonchev–Trinajstić information content (AvgIpc) is 3.11. The molecule has 2 aromatic heterocycles. The van der Waals surface area contributed by atoms with Crippen LogP contribution in [0.3, 0.4) is 0 Å². The Hall–Kier alpha value is -1.33. The third-order valence-corrected chi connectivity index (χ3v) is 5.12. The van der Waals surface area contributed by atoms with Gasteiger partial charge in [-0.2, -0.15) is 0 Å². The van der Waals surface area contributed by atoms with Crippen LogP contribution in [0.25, 0.3) is 0 Å². The first-order valence-corrected chi connectivity index (χ1v) is 8.46. The van der Waals surface area contributed by atoms with Crippen molar-refractivity contribution in [1.82, 2.24) is 14.9 Å². The Kier molecular flexibility index (Phi) is 4.84. The Labute approximate surface area is 143 Å². The van der Waals surface area contributed by atoms with Gasteiger partial charge in [-0.1, -0.05) is 35.3 Å². The molecule has 3 rings (SSSR count). The van der Waals surface area contributed by atoms with Gasteiger partial charge in [0.2, 0.25) is 0 Å². The maximum atomic E-state index is 6.18. The summed E-state index contributed by atoms with van der Waals surface area (Å²) in [7, 11) is 1.99. The smallest absolute Gasteiger partial charge is 0.130 e. The lowest BCUT2D eigenvalue weighted by Gasteiger charge is -2.19. The fourth-order valence-electron chi connectivity index (χ4n) is 2.31. The minimum absolute atomic E-state index is 0.0181. The van der Waals surface area contributed by atoms with Crippen molar-refractivity contribution >= 4 is 34.5 Å². The summed E-state index contributed by atoms with van der Waals surface area (Å²) >= 11 is 13.8. The molecule has 2 heterocycles. The van der Waals surface area contributed by atoms with E-state index in [2.05, 4.69) is 10.3 Å². The molecule has 3 nitrogen and oxygen atoms in total. The van der Waals surface area contributed by atoms with Gasteiger partial charge >= 0.3 is 0 Å². The molecule has 0 radical (unpaired) electrons. The minimum atomic E-state index is -0.0181. The minimum Gasteiger partial charge on any atom is -0.336 e. The van der Waals surface area contributed by atoms with Crippen molar-refractivity contribution in [3.05, 3.63) is 74.4 Å². The van der Waals surface area contributed by atoms with Gasteiger partial charge in [0.1, 0.15) is 5.82 Å². The van der Waals surface area contributed by atoms with Crippen LogP contribution in [0.1, 0.15) is 22.3 Å². The van der Waals surface area contributed by atoms with E-state index in [0.29, 0.717) is 6.54 Å². The van der Waals surface area contributed by atoms with Gasteiger partial charge in [0.05, 0.1) is 11.1 Å². The number of rotatable bonds is 5. The molecule has 0 aliphatic carbocycles. The van der Waals surface area contributed by atoms with Crippen LogP contribution in [0.2, 0.25) is 10.0 Å².